The highest BCUT2D eigenvalue weighted by Gasteiger charge is 2.41. The van der Waals surface area contributed by atoms with E-state index >= 15 is 0 Å². The second-order valence-electron chi connectivity index (χ2n) is 15.2. The average Bonchev–Trinajstić information content (AvgIpc) is 0.959. The Morgan fingerprint density at radius 2 is 0.773 bits per heavy atom. The number of amides is 2. The van der Waals surface area contributed by atoms with Gasteiger partial charge < -0.3 is 14.5 Å². The first kappa shape index (κ1) is 89.7. The Hall–Kier alpha value is 7.49. The van der Waals surface area contributed by atoms with Gasteiger partial charge in [-0.1, -0.05) is 63.2 Å². The van der Waals surface area contributed by atoms with Crippen LogP contribution in [0.2, 0.25) is 0 Å². The quantitative estimate of drug-likeness (QED) is 0.367. The van der Waals surface area contributed by atoms with Gasteiger partial charge in [0.2, 0.25) is 11.8 Å². The van der Waals surface area contributed by atoms with Crippen LogP contribution in [0, 0.1) is 11.3 Å². The standard InChI is InChI=1S/C31H40F3N3O3.S48/c1-22(38)35-16-14-23(15-17-35)20-28(39)37-19-18-36(21-27(37)30(2,3)4)29(24-8-6-5-7-9-24)25-10-12-26(13-11-25)40-31(32,33)34;1-3-5-7-9-11-13-15-17-19-21-23-25-27-29-31-33-35-37-39-41-43-45-47-48-46-44-42-40-38-36-34-32-30-28-26-24-22-20-18-16-14-12-10-8-6-4-2/h5-13,23,27,29H,14-21H2,1-4H3;/t27-,29?;/m1./s1. The molecule has 88 heavy (non-hydrogen) atoms. The molecular weight excluding hydrogens is 2060 g/mol. The largest absolute Gasteiger partial charge is 0.573 e. The van der Waals surface area contributed by atoms with Crippen LogP contribution < -0.4 is 4.74 Å². The third kappa shape index (κ3) is 48.4. The highest BCUT2D eigenvalue weighted by Crippen LogP contribution is 2.37. The highest BCUT2D eigenvalue weighted by molar-refractivity contribution is 8.82. The van der Waals surface area contributed by atoms with Gasteiger partial charge in [0.1, 0.15) is 5.75 Å². The van der Waals surface area contributed by atoms with Gasteiger partial charge in [-0.2, -0.15) is 0 Å². The maximum Gasteiger partial charge on any atom is 0.573 e. The van der Waals surface area contributed by atoms with Crippen LogP contribution in [0.5, 0.6) is 5.75 Å². The zero-order valence-electron chi connectivity index (χ0n) is 43.4. The summed E-state index contributed by atoms with van der Waals surface area (Å²) >= 11 is 9.62. The highest BCUT2D eigenvalue weighted by atomic mass is 33.5. The second-order valence-corrected chi connectivity index (χ2v) is 96.6. The molecule has 57 heteroatoms. The third-order valence-electron chi connectivity index (χ3n) is 9.41. The topological polar surface area (TPSA) is 53.1 Å². The van der Waals surface area contributed by atoms with Gasteiger partial charge in [0.25, 0.3) is 0 Å². The van der Waals surface area contributed by atoms with E-state index in [9.17, 15) is 22.8 Å². The van der Waals surface area contributed by atoms with Gasteiger partial charge >= 0.3 is 6.36 Å². The van der Waals surface area contributed by atoms with Crippen LogP contribution in [0.25, 0.3) is 0 Å². The van der Waals surface area contributed by atoms with Crippen LogP contribution in [0.4, 0.5) is 13.2 Å². The van der Waals surface area contributed by atoms with E-state index in [-0.39, 0.29) is 41.0 Å². The average molecular weight is 2100 g/mol. The molecule has 0 radical (unpaired) electrons. The smallest absolute Gasteiger partial charge is 0.406 e. The van der Waals surface area contributed by atoms with Crippen LogP contribution in [0.1, 0.15) is 64.1 Å². The van der Waals surface area contributed by atoms with Crippen molar-refractivity contribution in [2.24, 2.45) is 11.3 Å². The number of piperidine rings is 1. The van der Waals surface area contributed by atoms with Crippen LogP contribution in [0.15, 0.2) is 54.6 Å². The molecule has 0 saturated carbocycles. The van der Waals surface area contributed by atoms with Crippen molar-refractivity contribution in [2.75, 3.05) is 32.7 Å². The summed E-state index contributed by atoms with van der Waals surface area (Å²) in [6.45, 7) is 11.3. The number of benzene rings is 2. The number of nitrogens with zero attached hydrogens (tertiary/aromatic N) is 3. The SMILES string of the molecule is CC(=O)N1CCC(CC(=O)N2CCN(C(c3ccccc3)c3ccc(OC(F)(F)F)cc3)C[C@@H]2C(C)(C)C)CC1.S=S=S=S=S=S=S=S=S=S=S=S=S=S=S=S=S=S=S=S=S=S=S=S=S=S=S=S=S=S=S=S=S=S=S=S=S=S=S=S=S=S=S=S=S=S=S=S. The van der Waals surface area contributed by atoms with Gasteiger partial charge in [-0.3, -0.25) is 14.5 Å². The van der Waals surface area contributed by atoms with Crippen LogP contribution in [0.3, 0.4) is 0 Å². The van der Waals surface area contributed by atoms with Gasteiger partial charge in [-0.05, 0) is 47.4 Å². The van der Waals surface area contributed by atoms with Gasteiger partial charge in [0.15, 0.2) is 0 Å². The van der Waals surface area contributed by atoms with Crippen molar-refractivity contribution < 1.29 is 27.5 Å². The monoisotopic (exact) mass is 2090 g/mol. The zero-order valence-corrected chi connectivity index (χ0v) is 82.6. The Labute approximate surface area is 651 Å². The molecule has 0 aromatic heterocycles. The lowest BCUT2D eigenvalue weighted by molar-refractivity contribution is -0.274. The fourth-order valence-electron chi connectivity index (χ4n) is 6.49. The molecule has 0 N–H and O–H groups in total. The van der Waals surface area contributed by atoms with E-state index in [1.807, 2.05) is 324 Å². The summed E-state index contributed by atoms with van der Waals surface area (Å²) in [5, 5.41) is 0. The van der Waals surface area contributed by atoms with Crippen molar-refractivity contribution in [3.05, 3.63) is 65.7 Å². The van der Waals surface area contributed by atoms with Crippen molar-refractivity contribution in [1.82, 2.24) is 14.7 Å². The lowest BCUT2D eigenvalue weighted by atomic mass is 9.82. The number of rotatable bonds is 6. The predicted molar refractivity (Wildman–Crippen MR) is 501 cm³/mol. The molecule has 2 fully saturated rings. The third-order valence-corrected chi connectivity index (χ3v) is 109. The first-order valence-electron chi connectivity index (χ1n) is 21.8. The molecule has 0 aliphatic carbocycles. The summed E-state index contributed by atoms with van der Waals surface area (Å²) in [5.74, 6) is 0.270. The first-order valence-corrected chi connectivity index (χ1v) is 84.5. The molecule has 2 aliphatic heterocycles. The van der Waals surface area contributed by atoms with E-state index in [1.165, 1.54) is 29.9 Å². The van der Waals surface area contributed by atoms with Crippen molar-refractivity contribution in [3.8, 4) is 5.75 Å². The maximum atomic E-state index is 13.6. The zero-order chi connectivity index (χ0) is 63.6. The molecule has 2 saturated heterocycles. The number of likely N-dealkylation sites (tertiary alicyclic amines) is 1. The molecule has 0 bridgehead atoms. The van der Waals surface area contributed by atoms with Gasteiger partial charge in [0.05, 0.1) is 6.04 Å². The number of hydrogen-bond acceptors (Lipinski definition) is 6. The van der Waals surface area contributed by atoms with E-state index in [0.717, 1.165) is 24.0 Å². The van der Waals surface area contributed by atoms with E-state index in [2.05, 4.69) is 30.4 Å². The van der Waals surface area contributed by atoms with Crippen molar-refractivity contribution >= 4 is 443 Å². The molecule has 506 valence electrons. The molecule has 4 rings (SSSR count). The van der Waals surface area contributed by atoms with Crippen LogP contribution in [-0.4, -0.2) is 71.6 Å². The predicted octanol–water partition coefficient (Wildman–Crippen LogP) is 5.77. The van der Waals surface area contributed by atoms with Crippen molar-refractivity contribution in [2.45, 2.75) is 65.4 Å². The summed E-state index contributed by atoms with van der Waals surface area (Å²) in [5.41, 5.74) is 1.72. The molecule has 2 aromatic rings. The van der Waals surface area contributed by atoms with Crippen LogP contribution in [-0.2, 0) is 440 Å². The number of ether oxygens (including phenoxy) is 1. The fourth-order valence-corrected chi connectivity index (χ4v) is 127. The molecule has 2 aromatic carbocycles. The summed E-state index contributed by atoms with van der Waals surface area (Å²) in [6.07, 6.45) is -2.57. The molecule has 2 aliphatic rings. The number of alkyl halides is 3. The Kier molecular flexibility index (Phi) is 62.0. The minimum atomic E-state index is -4.74. The molecule has 0 spiro atoms. The molecule has 2 heterocycles. The van der Waals surface area contributed by atoms with E-state index < -0.39 is 6.36 Å². The van der Waals surface area contributed by atoms with E-state index in [1.54, 1.807) is 126 Å². The summed E-state index contributed by atoms with van der Waals surface area (Å²) in [4.78, 5) is 31.5. The molecule has 1 unspecified atom stereocenters. The van der Waals surface area contributed by atoms with Gasteiger partial charge in [-0.25, -0.2) is 0 Å². The lowest BCUT2D eigenvalue weighted by Crippen LogP contribution is -2.60. The normalized spacial score (nSPS) is 13.5. The number of halogens is 3. The summed E-state index contributed by atoms with van der Waals surface area (Å²) < 4.78 is 42.3. The summed E-state index contributed by atoms with van der Waals surface area (Å²) in [7, 11) is 82.0. The molecular formula is C31H40F3N3O3S48. The molecule has 6 nitrogen and oxygen atoms in total. The first-order chi connectivity index (χ1) is 42.7. The maximum absolute atomic E-state index is 13.6. The van der Waals surface area contributed by atoms with Crippen LogP contribution >= 0.6 is 0 Å². The van der Waals surface area contributed by atoms with Gasteiger partial charge in [-0.15, -0.1) is 13.2 Å². The minimum absolute atomic E-state index is 0.0369. The molecule has 2 atom stereocenters. The number of carbonyl (C=O) groups is 2. The second kappa shape index (κ2) is 60.9. The Bertz CT molecular complexity index is 4810. The van der Waals surface area contributed by atoms with Crippen molar-refractivity contribution in [1.29, 1.82) is 0 Å². The number of carbonyl (C=O) groups excluding carboxylic acids is 2. The lowest BCUT2D eigenvalue weighted by Gasteiger charge is -2.50. The fraction of sp³-hybridized carbons (Fsp3) is 0.548. The number of hydrogen-bond donors (Lipinski definition) is 0. The van der Waals surface area contributed by atoms with E-state index in [4.69, 9.17) is 22.4 Å². The van der Waals surface area contributed by atoms with Crippen molar-refractivity contribution in [3.63, 3.8) is 0 Å². The Balaban J connectivity index is 0.000000466. The van der Waals surface area contributed by atoms with E-state index in [0.29, 0.717) is 39.1 Å². The summed E-state index contributed by atoms with van der Waals surface area (Å²) in [6, 6.07) is 15.8. The number of piperazine rings is 1. The Morgan fingerprint density at radius 3 is 1.06 bits per heavy atom. The van der Waals surface area contributed by atoms with Gasteiger partial charge in [0, 0.05) is 483 Å². The minimum Gasteiger partial charge on any atom is -0.406 e. The Morgan fingerprint density at radius 1 is 0.466 bits per heavy atom. The molecule has 2 amide bonds.